The second-order valence-corrected chi connectivity index (χ2v) is 5.94. The number of carbonyl (C=O) groups excluding carboxylic acids is 2. The monoisotopic (exact) mass is 332 g/mol. The zero-order valence-corrected chi connectivity index (χ0v) is 11.9. The third kappa shape index (κ3) is 2.51. The Labute approximate surface area is 126 Å². The fraction of sp³-hybridized carbons (Fsp3) is 0.500. The van der Waals surface area contributed by atoms with Gasteiger partial charge in [0, 0.05) is 12.6 Å². The van der Waals surface area contributed by atoms with Gasteiger partial charge < -0.3 is 19.7 Å². The van der Waals surface area contributed by atoms with Gasteiger partial charge in [-0.25, -0.2) is 13.2 Å². The van der Waals surface area contributed by atoms with E-state index in [4.69, 9.17) is 10.3 Å². The van der Waals surface area contributed by atoms with Crippen LogP contribution >= 0.6 is 0 Å². The molecule has 0 radical (unpaired) electrons. The molecule has 1 aromatic rings. The average Bonchev–Trinajstić information content (AvgIpc) is 2.99. The average molecular weight is 332 g/mol. The van der Waals surface area contributed by atoms with E-state index >= 15 is 0 Å². The molecule has 0 spiro atoms. The molecule has 1 aromatic heterocycles. The van der Waals surface area contributed by atoms with Crippen LogP contribution in [0.25, 0.3) is 0 Å². The summed E-state index contributed by atoms with van der Waals surface area (Å²) in [6.45, 7) is 0.178. The molecule has 3 heterocycles. The van der Waals surface area contributed by atoms with Crippen LogP contribution in [0.3, 0.4) is 0 Å². The van der Waals surface area contributed by atoms with E-state index in [-0.39, 0.29) is 13.7 Å². The summed E-state index contributed by atoms with van der Waals surface area (Å²) in [5.41, 5.74) is 5.39. The second kappa shape index (κ2) is 4.93. The van der Waals surface area contributed by atoms with Crippen LogP contribution in [0.5, 0.6) is 0 Å². The van der Waals surface area contributed by atoms with Gasteiger partial charge in [-0.1, -0.05) is 5.16 Å². The van der Waals surface area contributed by atoms with Gasteiger partial charge in [0.05, 0.1) is 12.1 Å². The molecule has 22 heavy (non-hydrogen) atoms. The van der Waals surface area contributed by atoms with E-state index in [2.05, 4.69) is 9.44 Å². The van der Waals surface area contributed by atoms with Crippen molar-refractivity contribution in [2.24, 2.45) is 5.73 Å². The molecule has 0 unspecified atom stereocenters. The molecule has 120 valence electrons. The zero-order chi connectivity index (χ0) is 16.1. The number of hydrogen-bond donors (Lipinski definition) is 1. The molecular formula is C10H12N4O7S. The van der Waals surface area contributed by atoms with Crippen molar-refractivity contribution < 1.29 is 32.8 Å². The van der Waals surface area contributed by atoms with Crippen LogP contribution in [-0.2, 0) is 14.7 Å². The van der Waals surface area contributed by atoms with E-state index in [0.29, 0.717) is 23.6 Å². The molecule has 2 bridgehead atoms. The maximum atomic E-state index is 12.2. The summed E-state index contributed by atoms with van der Waals surface area (Å²) >= 11 is 0. The molecule has 3 rings (SSSR count). The van der Waals surface area contributed by atoms with Crippen molar-refractivity contribution in [3.05, 3.63) is 17.5 Å². The van der Waals surface area contributed by atoms with Crippen molar-refractivity contribution in [2.75, 3.05) is 6.54 Å². The maximum Gasteiger partial charge on any atom is 1.00 e. The number of hydroxylamine groups is 2. The number of urea groups is 1. The Hall–Kier alpha value is -2.18. The van der Waals surface area contributed by atoms with Crippen LogP contribution in [0.15, 0.2) is 10.6 Å². The van der Waals surface area contributed by atoms with Crippen molar-refractivity contribution >= 4 is 22.3 Å². The van der Waals surface area contributed by atoms with E-state index in [9.17, 15) is 22.6 Å². The van der Waals surface area contributed by atoms with Gasteiger partial charge in [0.15, 0.2) is 0 Å². The highest BCUT2D eigenvalue weighted by molar-refractivity contribution is 7.80. The largest absolute Gasteiger partial charge is 1.00 e. The highest BCUT2D eigenvalue weighted by Gasteiger charge is 2.47. The molecule has 2 aliphatic heterocycles. The Morgan fingerprint density at radius 2 is 2.27 bits per heavy atom. The summed E-state index contributed by atoms with van der Waals surface area (Å²) in [6.07, 6.45) is 0.848. The van der Waals surface area contributed by atoms with Crippen molar-refractivity contribution in [1.29, 1.82) is 0 Å². The van der Waals surface area contributed by atoms with Gasteiger partial charge in [-0.15, -0.1) is 0 Å². The van der Waals surface area contributed by atoms with Crippen LogP contribution in [0, 0.1) is 0 Å². The number of aromatic nitrogens is 1. The minimum absolute atomic E-state index is 0. The topological polar surface area (TPSA) is 159 Å². The summed E-state index contributed by atoms with van der Waals surface area (Å²) in [7, 11) is -5.04. The number of nitrogens with zero attached hydrogens (tertiary/aromatic N) is 3. The molecule has 0 aromatic carbocycles. The van der Waals surface area contributed by atoms with Crippen molar-refractivity contribution in [1.82, 2.24) is 15.1 Å². The minimum atomic E-state index is -5.04. The number of fused-ring (bicyclic) bond motifs is 2. The third-order valence-electron chi connectivity index (χ3n) is 3.61. The molecule has 11 nitrogen and oxygen atoms in total. The van der Waals surface area contributed by atoms with E-state index in [1.165, 1.54) is 11.0 Å². The first-order valence-corrected chi connectivity index (χ1v) is 7.61. The lowest BCUT2D eigenvalue weighted by Crippen LogP contribution is -2.35. The molecule has 2 atom stereocenters. The smallest absolute Gasteiger partial charge is 0.724 e. The van der Waals surface area contributed by atoms with Gasteiger partial charge in [-0.2, -0.15) is 9.35 Å². The summed E-state index contributed by atoms with van der Waals surface area (Å²) in [5, 5.41) is 4.27. The summed E-state index contributed by atoms with van der Waals surface area (Å²) in [5.74, 6) is -0.929. The van der Waals surface area contributed by atoms with E-state index in [1.807, 2.05) is 0 Å². The normalized spacial score (nSPS) is 24.9. The molecule has 12 heteroatoms. The van der Waals surface area contributed by atoms with Crippen LogP contribution < -0.4 is 5.73 Å². The summed E-state index contributed by atoms with van der Waals surface area (Å²) in [4.78, 5) is 24.5. The van der Waals surface area contributed by atoms with Gasteiger partial charge in [0.2, 0.25) is 16.2 Å². The highest BCUT2D eigenvalue weighted by atomic mass is 32.3. The SMILES string of the molecule is NC(=O)c1cc([C@@H]2CC[C@@H]3CN2C(=O)N3OS(=O)(=O)[O-])no1.[H+]. The molecular weight excluding hydrogens is 320 g/mol. The number of carbonyl (C=O) groups is 2. The molecule has 3 amide bonds. The van der Waals surface area contributed by atoms with Gasteiger partial charge in [0.1, 0.15) is 5.69 Å². The quantitative estimate of drug-likeness (QED) is 0.555. The van der Waals surface area contributed by atoms with Crippen LogP contribution in [0.1, 0.15) is 36.6 Å². The first kappa shape index (κ1) is 14.7. The lowest BCUT2D eigenvalue weighted by molar-refractivity contribution is -0.0328. The predicted molar refractivity (Wildman–Crippen MR) is 66.6 cm³/mol. The molecule has 2 fully saturated rings. The minimum Gasteiger partial charge on any atom is -0.724 e. The van der Waals surface area contributed by atoms with Gasteiger partial charge in [-0.05, 0) is 12.8 Å². The van der Waals surface area contributed by atoms with Gasteiger partial charge in [0.25, 0.3) is 5.91 Å². The molecule has 0 saturated carbocycles. The number of nitrogens with two attached hydrogens (primary N) is 1. The highest BCUT2D eigenvalue weighted by Crippen LogP contribution is 2.38. The lowest BCUT2D eigenvalue weighted by Gasteiger charge is -2.28. The number of hydrogen-bond acceptors (Lipinski definition) is 8. The van der Waals surface area contributed by atoms with Crippen LogP contribution in [-0.4, -0.2) is 52.6 Å². The second-order valence-electron chi connectivity index (χ2n) is 4.97. The first-order chi connectivity index (χ1) is 10.3. The molecule has 2 aliphatic rings. The van der Waals surface area contributed by atoms with Crippen LogP contribution in [0.2, 0.25) is 0 Å². The number of rotatable bonds is 4. The number of amides is 3. The van der Waals surface area contributed by atoms with E-state index in [1.54, 1.807) is 0 Å². The Balaban J connectivity index is 0.00000192. The summed E-state index contributed by atoms with van der Waals surface area (Å²) in [6, 6.07) is -0.469. The standard InChI is InChI=1S/C10H12N4O7S/c11-9(15)8-3-6(12-20-8)7-2-1-5-4-13(7)10(16)14(5)21-22(17,18)19/h3,5,7H,1-2,4H2,(H2,11,15)(H,17,18,19)/t5-,7+/m1/s1. The van der Waals surface area contributed by atoms with E-state index in [0.717, 1.165) is 0 Å². The Kier molecular flexibility index (Phi) is 3.30. The fourth-order valence-electron chi connectivity index (χ4n) is 2.70. The Bertz CT molecular complexity index is 735. The van der Waals surface area contributed by atoms with Crippen molar-refractivity contribution in [3.8, 4) is 0 Å². The number of piperidine rings is 1. The van der Waals surface area contributed by atoms with Crippen molar-refractivity contribution in [2.45, 2.75) is 24.9 Å². The van der Waals surface area contributed by atoms with Gasteiger partial charge in [-0.3, -0.25) is 4.79 Å². The third-order valence-corrected chi connectivity index (χ3v) is 3.95. The fourth-order valence-corrected chi connectivity index (χ4v) is 3.08. The van der Waals surface area contributed by atoms with E-state index < -0.39 is 34.4 Å². The lowest BCUT2D eigenvalue weighted by atomic mass is 9.98. The van der Waals surface area contributed by atoms with Crippen molar-refractivity contribution in [3.63, 3.8) is 0 Å². The summed E-state index contributed by atoms with van der Waals surface area (Å²) < 4.78 is 41.0. The predicted octanol–water partition coefficient (Wildman–Crippen LogP) is -0.781. The zero-order valence-electron chi connectivity index (χ0n) is 12.0. The Morgan fingerprint density at radius 1 is 1.55 bits per heavy atom. The molecule has 2 saturated heterocycles. The molecule has 0 aliphatic carbocycles. The maximum absolute atomic E-state index is 12.2. The molecule has 2 N–H and O–H groups in total. The van der Waals surface area contributed by atoms with Gasteiger partial charge >= 0.3 is 7.46 Å². The van der Waals surface area contributed by atoms with Crippen LogP contribution in [0.4, 0.5) is 4.79 Å². The first-order valence-electron chi connectivity index (χ1n) is 6.28. The number of primary amides is 1. The Morgan fingerprint density at radius 3 is 2.86 bits per heavy atom.